The first-order chi connectivity index (χ1) is 10.8. The minimum atomic E-state index is -5.03. The van der Waals surface area contributed by atoms with Crippen LogP contribution in [0.5, 0.6) is 0 Å². The van der Waals surface area contributed by atoms with Gasteiger partial charge in [-0.3, -0.25) is 5.73 Å². The van der Waals surface area contributed by atoms with Crippen molar-refractivity contribution < 1.29 is 22.7 Å². The molecular formula is C17H22F3NO2. The molecule has 1 saturated carbocycles. The van der Waals surface area contributed by atoms with Crippen molar-refractivity contribution in [3.8, 4) is 0 Å². The van der Waals surface area contributed by atoms with E-state index < -0.39 is 24.3 Å². The van der Waals surface area contributed by atoms with Crippen molar-refractivity contribution in [1.29, 1.82) is 0 Å². The van der Waals surface area contributed by atoms with Crippen LogP contribution in [0.3, 0.4) is 0 Å². The summed E-state index contributed by atoms with van der Waals surface area (Å²) in [6.45, 7) is 1.64. The summed E-state index contributed by atoms with van der Waals surface area (Å²) < 4.78 is 40.9. The predicted molar refractivity (Wildman–Crippen MR) is 80.8 cm³/mol. The van der Waals surface area contributed by atoms with Crippen LogP contribution in [-0.4, -0.2) is 18.4 Å². The molecule has 0 heterocycles. The van der Waals surface area contributed by atoms with Crippen molar-refractivity contribution in [3.05, 3.63) is 35.4 Å². The van der Waals surface area contributed by atoms with Gasteiger partial charge < -0.3 is 4.74 Å². The smallest absolute Gasteiger partial charge is 0.439 e. The molecule has 128 valence electrons. The maximum absolute atomic E-state index is 12.2. The molecule has 1 aliphatic rings. The van der Waals surface area contributed by atoms with E-state index in [1.54, 1.807) is 6.92 Å². The molecule has 0 spiro atoms. The van der Waals surface area contributed by atoms with E-state index in [0.29, 0.717) is 5.92 Å². The van der Waals surface area contributed by atoms with Crippen LogP contribution in [0.4, 0.5) is 13.2 Å². The molecule has 0 radical (unpaired) electrons. The second-order valence-electron chi connectivity index (χ2n) is 6.16. The van der Waals surface area contributed by atoms with Crippen molar-refractivity contribution in [2.24, 2.45) is 5.73 Å². The van der Waals surface area contributed by atoms with Crippen LogP contribution in [0.1, 0.15) is 62.0 Å². The number of hydrogen-bond acceptors (Lipinski definition) is 3. The van der Waals surface area contributed by atoms with E-state index in [1.807, 2.05) is 24.3 Å². The first-order valence-electron chi connectivity index (χ1n) is 7.92. The van der Waals surface area contributed by atoms with Crippen molar-refractivity contribution in [1.82, 2.24) is 0 Å². The molecule has 0 aliphatic heterocycles. The van der Waals surface area contributed by atoms with E-state index in [0.717, 1.165) is 5.56 Å². The van der Waals surface area contributed by atoms with Gasteiger partial charge in [-0.15, -0.1) is 0 Å². The van der Waals surface area contributed by atoms with Crippen molar-refractivity contribution in [2.75, 3.05) is 0 Å². The SMILES string of the molecule is CC(c1ccc(C2CCCCC2)cc1)C(N)OC(=O)C(F)(F)F. The summed E-state index contributed by atoms with van der Waals surface area (Å²) >= 11 is 0. The van der Waals surface area contributed by atoms with Gasteiger partial charge >= 0.3 is 12.1 Å². The number of halogens is 3. The highest BCUT2D eigenvalue weighted by atomic mass is 19.4. The maximum atomic E-state index is 12.2. The lowest BCUT2D eigenvalue weighted by Gasteiger charge is -2.24. The Balaban J connectivity index is 1.99. The molecule has 1 aliphatic carbocycles. The molecule has 0 amide bonds. The van der Waals surface area contributed by atoms with Gasteiger partial charge in [-0.2, -0.15) is 13.2 Å². The van der Waals surface area contributed by atoms with Gasteiger partial charge in [0.05, 0.1) is 0 Å². The lowest BCUT2D eigenvalue weighted by molar-refractivity contribution is -0.205. The van der Waals surface area contributed by atoms with Crippen molar-refractivity contribution in [3.63, 3.8) is 0 Å². The van der Waals surface area contributed by atoms with Gasteiger partial charge in [0, 0.05) is 5.92 Å². The quantitative estimate of drug-likeness (QED) is 0.664. The molecule has 2 atom stereocenters. The highest BCUT2D eigenvalue weighted by Gasteiger charge is 2.42. The van der Waals surface area contributed by atoms with Crippen LogP contribution < -0.4 is 5.73 Å². The molecule has 23 heavy (non-hydrogen) atoms. The lowest BCUT2D eigenvalue weighted by Crippen LogP contribution is -2.37. The Morgan fingerprint density at radius 3 is 2.26 bits per heavy atom. The van der Waals surface area contributed by atoms with Gasteiger partial charge in [-0.25, -0.2) is 4.79 Å². The van der Waals surface area contributed by atoms with E-state index in [4.69, 9.17) is 5.73 Å². The zero-order chi connectivity index (χ0) is 17.0. The Kier molecular flexibility index (Phi) is 5.68. The number of carbonyl (C=O) groups is 1. The number of rotatable bonds is 4. The normalized spacial score (nSPS) is 19.2. The summed E-state index contributed by atoms with van der Waals surface area (Å²) in [6, 6.07) is 7.71. The third-order valence-electron chi connectivity index (χ3n) is 4.51. The van der Waals surface area contributed by atoms with Gasteiger partial charge in [0.2, 0.25) is 0 Å². The Labute approximate surface area is 134 Å². The average molecular weight is 329 g/mol. The van der Waals surface area contributed by atoms with Crippen LogP contribution in [0.25, 0.3) is 0 Å². The number of nitrogens with two attached hydrogens (primary N) is 1. The fourth-order valence-corrected chi connectivity index (χ4v) is 2.99. The summed E-state index contributed by atoms with van der Waals surface area (Å²) in [5.41, 5.74) is 7.59. The maximum Gasteiger partial charge on any atom is 0.490 e. The van der Waals surface area contributed by atoms with Crippen LogP contribution >= 0.6 is 0 Å². The van der Waals surface area contributed by atoms with E-state index in [9.17, 15) is 18.0 Å². The monoisotopic (exact) mass is 329 g/mol. The Morgan fingerprint density at radius 2 is 1.74 bits per heavy atom. The molecule has 6 heteroatoms. The molecule has 2 unspecified atom stereocenters. The zero-order valence-electron chi connectivity index (χ0n) is 13.1. The molecule has 2 rings (SSSR count). The number of ether oxygens (including phenoxy) is 1. The number of hydrogen-bond donors (Lipinski definition) is 1. The minimum absolute atomic E-state index is 0.512. The Morgan fingerprint density at radius 1 is 1.17 bits per heavy atom. The van der Waals surface area contributed by atoms with Gasteiger partial charge in [0.25, 0.3) is 0 Å². The largest absolute Gasteiger partial charge is 0.490 e. The Hall–Kier alpha value is -1.56. The minimum Gasteiger partial charge on any atom is -0.439 e. The molecule has 3 nitrogen and oxygen atoms in total. The second kappa shape index (κ2) is 7.34. The summed E-state index contributed by atoms with van der Waals surface area (Å²) in [4.78, 5) is 10.8. The molecule has 0 saturated heterocycles. The van der Waals surface area contributed by atoms with E-state index in [2.05, 4.69) is 4.74 Å². The second-order valence-corrected chi connectivity index (χ2v) is 6.16. The summed E-state index contributed by atoms with van der Waals surface area (Å²) in [5, 5.41) is 0. The molecular weight excluding hydrogens is 307 g/mol. The molecule has 0 aromatic heterocycles. The van der Waals surface area contributed by atoms with Gasteiger partial charge in [0.1, 0.15) is 0 Å². The van der Waals surface area contributed by atoms with Crippen LogP contribution in [-0.2, 0) is 9.53 Å². The van der Waals surface area contributed by atoms with Crippen LogP contribution in [0.2, 0.25) is 0 Å². The van der Waals surface area contributed by atoms with Gasteiger partial charge in [-0.05, 0) is 29.9 Å². The van der Waals surface area contributed by atoms with Crippen molar-refractivity contribution in [2.45, 2.75) is 63.3 Å². The summed E-state index contributed by atoms with van der Waals surface area (Å²) in [7, 11) is 0. The number of esters is 1. The van der Waals surface area contributed by atoms with Crippen LogP contribution in [0, 0.1) is 0 Å². The summed E-state index contributed by atoms with van der Waals surface area (Å²) in [5.74, 6) is -2.21. The number of carbonyl (C=O) groups excluding carboxylic acids is 1. The first kappa shape index (κ1) is 17.8. The molecule has 0 bridgehead atoms. The van der Waals surface area contributed by atoms with Crippen LogP contribution in [0.15, 0.2) is 24.3 Å². The van der Waals surface area contributed by atoms with E-state index in [-0.39, 0.29) is 0 Å². The summed E-state index contributed by atoms with van der Waals surface area (Å²) in [6.07, 6.45) is -0.241. The Bertz CT molecular complexity index is 522. The third kappa shape index (κ3) is 4.70. The molecule has 1 aromatic rings. The zero-order valence-corrected chi connectivity index (χ0v) is 13.1. The predicted octanol–water partition coefficient (Wildman–Crippen LogP) is 4.23. The van der Waals surface area contributed by atoms with Crippen molar-refractivity contribution >= 4 is 5.97 Å². The first-order valence-corrected chi connectivity index (χ1v) is 7.92. The number of benzene rings is 1. The fourth-order valence-electron chi connectivity index (χ4n) is 2.99. The molecule has 1 fully saturated rings. The van der Waals surface area contributed by atoms with Gasteiger partial charge in [0.15, 0.2) is 6.23 Å². The highest BCUT2D eigenvalue weighted by Crippen LogP contribution is 2.33. The standard InChI is InChI=1S/C17H22F3NO2/c1-11(15(21)23-16(22)17(18,19)20)12-7-9-14(10-8-12)13-5-3-2-4-6-13/h7-11,13,15H,2-6,21H2,1H3. The van der Waals surface area contributed by atoms with E-state index in [1.165, 1.54) is 37.7 Å². The lowest BCUT2D eigenvalue weighted by atomic mass is 9.83. The fraction of sp³-hybridized carbons (Fsp3) is 0.588. The number of alkyl halides is 3. The molecule has 1 aromatic carbocycles. The highest BCUT2D eigenvalue weighted by molar-refractivity contribution is 5.75. The third-order valence-corrected chi connectivity index (χ3v) is 4.51. The van der Waals surface area contributed by atoms with Gasteiger partial charge in [-0.1, -0.05) is 50.5 Å². The average Bonchev–Trinajstić information content (AvgIpc) is 2.54. The van der Waals surface area contributed by atoms with E-state index >= 15 is 0 Å². The molecule has 2 N–H and O–H groups in total. The topological polar surface area (TPSA) is 52.3 Å².